The van der Waals surface area contributed by atoms with Crippen LogP contribution in [0.25, 0.3) is 11.1 Å². The van der Waals surface area contributed by atoms with Crippen LogP contribution in [0.15, 0.2) is 53.8 Å². The van der Waals surface area contributed by atoms with Crippen molar-refractivity contribution in [3.05, 3.63) is 71.8 Å². The number of aromatic nitrogens is 3. The molecular formula is C24H20F7N5O3S. The summed E-state index contributed by atoms with van der Waals surface area (Å²) in [5, 5.41) is 2.32. The highest BCUT2D eigenvalue weighted by Crippen LogP contribution is 2.34. The zero-order valence-electron chi connectivity index (χ0n) is 20.5. The SMILES string of the molecule is C[C@H]1CC[C@@H](C(=O)NCc2cc(-c3cnc(C(F)(F)F)nc3)cnc2C(F)(F)F)N1S(=O)(=O)c1ccc(F)cc1. The zero-order chi connectivity index (χ0) is 29.5. The van der Waals surface area contributed by atoms with Gasteiger partial charge < -0.3 is 5.32 Å². The highest BCUT2D eigenvalue weighted by atomic mass is 32.2. The van der Waals surface area contributed by atoms with Crippen LogP contribution in [0.5, 0.6) is 0 Å². The molecule has 1 aromatic carbocycles. The van der Waals surface area contributed by atoms with Crippen LogP contribution in [0.3, 0.4) is 0 Å². The number of nitrogens with zero attached hydrogens (tertiary/aromatic N) is 4. The smallest absolute Gasteiger partial charge is 0.351 e. The number of rotatable bonds is 6. The van der Waals surface area contributed by atoms with Crippen LogP contribution in [0, 0.1) is 5.82 Å². The first-order valence-corrected chi connectivity index (χ1v) is 13.1. The van der Waals surface area contributed by atoms with Crippen molar-refractivity contribution < 1.29 is 43.9 Å². The lowest BCUT2D eigenvalue weighted by Crippen LogP contribution is -2.48. The Bertz CT molecular complexity index is 1500. The fourth-order valence-electron chi connectivity index (χ4n) is 4.32. The first-order chi connectivity index (χ1) is 18.6. The lowest BCUT2D eigenvalue weighted by molar-refractivity contribution is -0.145. The summed E-state index contributed by atoms with van der Waals surface area (Å²) < 4.78 is 120. The van der Waals surface area contributed by atoms with Gasteiger partial charge >= 0.3 is 12.4 Å². The van der Waals surface area contributed by atoms with Crippen molar-refractivity contribution in [3.63, 3.8) is 0 Å². The van der Waals surface area contributed by atoms with E-state index in [0.29, 0.717) is 0 Å². The predicted molar refractivity (Wildman–Crippen MR) is 125 cm³/mol. The molecule has 0 aliphatic carbocycles. The van der Waals surface area contributed by atoms with Crippen LogP contribution in [0.1, 0.15) is 36.8 Å². The molecule has 0 saturated carbocycles. The molecular weight excluding hydrogens is 571 g/mol. The van der Waals surface area contributed by atoms with E-state index in [9.17, 15) is 43.9 Å². The maximum atomic E-state index is 13.6. The molecule has 0 bridgehead atoms. The summed E-state index contributed by atoms with van der Waals surface area (Å²) in [5.74, 6) is -2.97. The van der Waals surface area contributed by atoms with Crippen LogP contribution in [-0.2, 0) is 33.7 Å². The number of carbonyl (C=O) groups excluding carboxylic acids is 1. The number of nitrogens with one attached hydrogen (secondary N) is 1. The number of pyridine rings is 1. The molecule has 3 aromatic rings. The third-order valence-electron chi connectivity index (χ3n) is 6.22. The average molecular weight is 592 g/mol. The van der Waals surface area contributed by atoms with Crippen molar-refractivity contribution in [2.75, 3.05) is 0 Å². The van der Waals surface area contributed by atoms with Crippen molar-refractivity contribution in [3.8, 4) is 11.1 Å². The first kappa shape index (κ1) is 29.3. The molecule has 1 aliphatic heterocycles. The normalized spacial score (nSPS) is 18.6. The summed E-state index contributed by atoms with van der Waals surface area (Å²) >= 11 is 0. The Morgan fingerprint density at radius 1 is 0.950 bits per heavy atom. The number of halogens is 7. The van der Waals surface area contributed by atoms with E-state index in [-0.39, 0.29) is 28.9 Å². The van der Waals surface area contributed by atoms with Gasteiger partial charge in [0, 0.05) is 47.9 Å². The molecule has 0 radical (unpaired) electrons. The van der Waals surface area contributed by atoms with E-state index in [1.165, 1.54) is 0 Å². The topological polar surface area (TPSA) is 105 Å². The molecule has 214 valence electrons. The van der Waals surface area contributed by atoms with Gasteiger partial charge in [0.05, 0.1) is 4.90 Å². The fraction of sp³-hybridized carbons (Fsp3) is 0.333. The second-order valence-corrected chi connectivity index (χ2v) is 10.8. The van der Waals surface area contributed by atoms with Crippen LogP contribution in [0.2, 0.25) is 0 Å². The molecule has 1 N–H and O–H groups in total. The molecule has 2 aromatic heterocycles. The Balaban J connectivity index is 1.59. The third-order valence-corrected chi connectivity index (χ3v) is 8.26. The number of hydrogen-bond donors (Lipinski definition) is 1. The summed E-state index contributed by atoms with van der Waals surface area (Å²) in [4.78, 5) is 22.6. The van der Waals surface area contributed by atoms with Crippen LogP contribution >= 0.6 is 0 Å². The molecule has 4 rings (SSSR count). The first-order valence-electron chi connectivity index (χ1n) is 11.6. The zero-order valence-corrected chi connectivity index (χ0v) is 21.3. The van der Waals surface area contributed by atoms with Gasteiger partial charge in [0.2, 0.25) is 21.8 Å². The van der Waals surface area contributed by atoms with Gasteiger partial charge in [0.15, 0.2) is 0 Å². The third kappa shape index (κ3) is 6.06. The predicted octanol–water partition coefficient (Wildman–Crippen LogP) is 4.57. The lowest BCUT2D eigenvalue weighted by atomic mass is 10.1. The van der Waals surface area contributed by atoms with Gasteiger partial charge in [-0.05, 0) is 50.1 Å². The van der Waals surface area contributed by atoms with Crippen LogP contribution in [0.4, 0.5) is 30.7 Å². The molecule has 1 saturated heterocycles. The average Bonchev–Trinajstić information content (AvgIpc) is 3.28. The summed E-state index contributed by atoms with van der Waals surface area (Å²) in [6, 6.07) is 3.09. The standard InChI is InChI=1S/C24H20F7N5O3S/c1-13-2-7-19(36(13)40(38,39)18-5-3-17(25)4-6-18)21(37)33-10-15-8-14(9-32-20(15)23(26,27)28)16-11-34-22(35-12-16)24(29,30)31/h3-6,8-9,11-13,19H,2,7,10H2,1H3,(H,33,37)/t13-,19-/m0/s1. The van der Waals surface area contributed by atoms with Crippen molar-refractivity contribution in [1.29, 1.82) is 0 Å². The number of alkyl halides is 6. The van der Waals surface area contributed by atoms with E-state index in [2.05, 4.69) is 20.3 Å². The summed E-state index contributed by atoms with van der Waals surface area (Å²) in [7, 11) is -4.25. The monoisotopic (exact) mass is 591 g/mol. The number of amides is 1. The minimum absolute atomic E-state index is 0.0408. The van der Waals surface area contributed by atoms with Gasteiger partial charge in [0.25, 0.3) is 0 Å². The maximum Gasteiger partial charge on any atom is 0.451 e. The lowest BCUT2D eigenvalue weighted by Gasteiger charge is -2.27. The Morgan fingerprint density at radius 2 is 1.55 bits per heavy atom. The summed E-state index contributed by atoms with van der Waals surface area (Å²) in [6.45, 7) is 0.848. The summed E-state index contributed by atoms with van der Waals surface area (Å²) in [5.41, 5.74) is -1.96. The van der Waals surface area contributed by atoms with E-state index >= 15 is 0 Å². The molecule has 1 aliphatic rings. The Hall–Kier alpha value is -3.66. The van der Waals surface area contributed by atoms with Crippen LogP contribution in [-0.4, -0.2) is 45.7 Å². The molecule has 8 nitrogen and oxygen atoms in total. The highest BCUT2D eigenvalue weighted by Gasteiger charge is 2.44. The van der Waals surface area contributed by atoms with Gasteiger partial charge in [-0.3, -0.25) is 9.78 Å². The molecule has 16 heteroatoms. The second kappa shape index (κ2) is 10.7. The van der Waals surface area contributed by atoms with Crippen LogP contribution < -0.4 is 5.32 Å². The van der Waals surface area contributed by atoms with Crippen molar-refractivity contribution in [2.24, 2.45) is 0 Å². The minimum Gasteiger partial charge on any atom is -0.351 e. The molecule has 2 atom stereocenters. The van der Waals surface area contributed by atoms with E-state index in [4.69, 9.17) is 0 Å². The molecule has 1 fully saturated rings. The van der Waals surface area contributed by atoms with Crippen molar-refractivity contribution >= 4 is 15.9 Å². The number of sulfonamides is 1. The van der Waals surface area contributed by atoms with E-state index < -0.39 is 69.8 Å². The summed E-state index contributed by atoms with van der Waals surface area (Å²) in [6.07, 6.45) is -7.04. The molecule has 0 spiro atoms. The maximum absolute atomic E-state index is 13.6. The highest BCUT2D eigenvalue weighted by molar-refractivity contribution is 7.89. The number of benzene rings is 1. The number of carbonyl (C=O) groups is 1. The van der Waals surface area contributed by atoms with Gasteiger partial charge in [-0.2, -0.15) is 30.6 Å². The van der Waals surface area contributed by atoms with Crippen molar-refractivity contribution in [1.82, 2.24) is 24.6 Å². The molecule has 0 unspecified atom stereocenters. The van der Waals surface area contributed by atoms with Gasteiger partial charge in [0.1, 0.15) is 17.6 Å². The van der Waals surface area contributed by atoms with E-state index in [1.54, 1.807) is 6.92 Å². The molecule has 3 heterocycles. The Kier molecular flexibility index (Phi) is 7.86. The number of hydrogen-bond acceptors (Lipinski definition) is 6. The second-order valence-electron chi connectivity index (χ2n) is 8.97. The van der Waals surface area contributed by atoms with Gasteiger partial charge in [-0.15, -0.1) is 0 Å². The molecule has 40 heavy (non-hydrogen) atoms. The Labute approximate surface area is 223 Å². The van der Waals surface area contributed by atoms with Crippen molar-refractivity contribution in [2.45, 2.75) is 55.6 Å². The molecule has 1 amide bonds. The largest absolute Gasteiger partial charge is 0.451 e. The van der Waals surface area contributed by atoms with E-state index in [1.807, 2.05) is 0 Å². The quantitative estimate of drug-likeness (QED) is 0.421. The minimum atomic E-state index is -4.94. The Morgan fingerprint density at radius 3 is 2.12 bits per heavy atom. The van der Waals surface area contributed by atoms with Gasteiger partial charge in [-0.1, -0.05) is 0 Å². The van der Waals surface area contributed by atoms with E-state index in [0.717, 1.165) is 53.2 Å². The fourth-order valence-corrected chi connectivity index (χ4v) is 6.16. The van der Waals surface area contributed by atoms with Gasteiger partial charge in [-0.25, -0.2) is 22.8 Å².